The molecule has 48 valence electrons. The Labute approximate surface area is 48.5 Å². The van der Waals surface area contributed by atoms with E-state index in [9.17, 15) is 9.36 Å². The highest BCUT2D eigenvalue weighted by Crippen LogP contribution is 2.39. The van der Waals surface area contributed by atoms with Crippen LogP contribution in [0.3, 0.4) is 0 Å². The van der Waals surface area contributed by atoms with Gasteiger partial charge in [0, 0.05) is 13.8 Å². The summed E-state index contributed by atoms with van der Waals surface area (Å²) in [4.78, 5) is 9.73. The van der Waals surface area contributed by atoms with Crippen molar-refractivity contribution >= 4 is 13.7 Å². The minimum Gasteiger partial charge on any atom is -0.332 e. The molecule has 0 aromatic heterocycles. The first-order chi connectivity index (χ1) is 3.62. The van der Waals surface area contributed by atoms with E-state index in [4.69, 9.17) is 0 Å². The quantitative estimate of drug-likeness (QED) is 0.424. The molecule has 0 saturated heterocycles. The molecule has 0 N–H and O–H groups in total. The van der Waals surface area contributed by atoms with Crippen LogP contribution in [-0.2, 0) is 13.9 Å². The van der Waals surface area contributed by atoms with Gasteiger partial charge in [-0.15, -0.1) is 0 Å². The van der Waals surface area contributed by atoms with Crippen molar-refractivity contribution in [1.29, 1.82) is 0 Å². The van der Waals surface area contributed by atoms with E-state index in [1.54, 1.807) is 0 Å². The van der Waals surface area contributed by atoms with Crippen molar-refractivity contribution in [2.45, 2.75) is 0 Å². The lowest BCUT2D eigenvalue weighted by Crippen LogP contribution is -1.89. The second-order valence-electron chi connectivity index (χ2n) is 1.55. The largest absolute Gasteiger partial charge is 0.332 e. The van der Waals surface area contributed by atoms with Gasteiger partial charge < -0.3 is 9.32 Å². The van der Waals surface area contributed by atoms with E-state index < -0.39 is 7.37 Å². The normalized spacial score (nSPS) is 17.2. The third-order valence-corrected chi connectivity index (χ3v) is 2.38. The fraction of sp³-hybridized carbons (Fsp3) is 0.750. The average Bonchev–Trinajstić information content (AvgIpc) is 1.67. The first-order valence-electron chi connectivity index (χ1n) is 2.18. The van der Waals surface area contributed by atoms with Crippen LogP contribution in [0, 0.1) is 0 Å². The summed E-state index contributed by atoms with van der Waals surface area (Å²) >= 11 is 0. The Bertz CT molecular complexity index is 120. The monoisotopic (exact) mass is 136 g/mol. The highest BCUT2D eigenvalue weighted by molar-refractivity contribution is 7.58. The summed E-state index contributed by atoms with van der Waals surface area (Å²) in [5, 5.41) is 0. The number of carbonyl (C=O) groups is 1. The van der Waals surface area contributed by atoms with Crippen LogP contribution >= 0.6 is 7.37 Å². The topological polar surface area (TPSA) is 43.4 Å². The van der Waals surface area contributed by atoms with Crippen LogP contribution in [0.25, 0.3) is 0 Å². The third-order valence-electron chi connectivity index (χ3n) is 0.792. The molecule has 0 bridgehead atoms. The van der Waals surface area contributed by atoms with Gasteiger partial charge in [0.1, 0.15) is 6.29 Å². The zero-order valence-electron chi connectivity index (χ0n) is 4.96. The summed E-state index contributed by atoms with van der Waals surface area (Å²) in [6, 6.07) is 0. The molecule has 0 rings (SSSR count). The molecule has 0 spiro atoms. The zero-order chi connectivity index (χ0) is 6.62. The molecule has 0 aliphatic carbocycles. The minimum atomic E-state index is -2.54. The summed E-state index contributed by atoms with van der Waals surface area (Å²) in [7, 11) is -1.20. The van der Waals surface area contributed by atoms with E-state index >= 15 is 0 Å². The lowest BCUT2D eigenvalue weighted by Gasteiger charge is -2.03. The fourth-order valence-electron chi connectivity index (χ4n) is 0.210. The van der Waals surface area contributed by atoms with E-state index in [1.165, 1.54) is 13.8 Å². The van der Waals surface area contributed by atoms with Crippen molar-refractivity contribution < 1.29 is 13.9 Å². The van der Waals surface area contributed by atoms with Gasteiger partial charge in [-0.25, -0.2) is 0 Å². The van der Waals surface area contributed by atoms with E-state index in [0.717, 1.165) is 0 Å². The Kier molecular flexibility index (Phi) is 2.95. The van der Waals surface area contributed by atoms with E-state index in [0.29, 0.717) is 6.29 Å². The predicted octanol–water partition coefficient (Wildman–Crippen LogP) is 0.740. The van der Waals surface area contributed by atoms with Gasteiger partial charge in [0.25, 0.3) is 0 Å². The summed E-state index contributed by atoms with van der Waals surface area (Å²) < 4.78 is 15.2. The van der Waals surface area contributed by atoms with Gasteiger partial charge in [0.15, 0.2) is 0 Å². The Morgan fingerprint density at radius 2 is 2.25 bits per heavy atom. The third kappa shape index (κ3) is 2.94. The van der Waals surface area contributed by atoms with Gasteiger partial charge >= 0.3 is 0 Å². The lowest BCUT2D eigenvalue weighted by atomic mass is 10.9. The predicted molar refractivity (Wildman–Crippen MR) is 31.5 cm³/mol. The molecular formula is C4H9O3P. The Morgan fingerprint density at radius 1 is 1.75 bits per heavy atom. The molecule has 0 fully saturated rings. The molecular weight excluding hydrogens is 127 g/mol. The minimum absolute atomic E-state index is 0.0174. The van der Waals surface area contributed by atoms with Crippen molar-refractivity contribution in [2.24, 2.45) is 0 Å². The maximum Gasteiger partial charge on any atom is 0.206 e. The first-order valence-corrected chi connectivity index (χ1v) is 4.44. The van der Waals surface area contributed by atoms with E-state index in [1.807, 2.05) is 0 Å². The zero-order valence-corrected chi connectivity index (χ0v) is 5.85. The molecule has 0 aromatic carbocycles. The molecule has 0 aliphatic heterocycles. The molecule has 0 radical (unpaired) electrons. The lowest BCUT2D eigenvalue weighted by molar-refractivity contribution is -0.105. The summed E-state index contributed by atoms with van der Waals surface area (Å²) in [6.07, 6.45) is 0.619. The molecule has 0 aromatic rings. The first kappa shape index (κ1) is 7.86. The van der Waals surface area contributed by atoms with Crippen LogP contribution in [0.15, 0.2) is 0 Å². The number of rotatable bonds is 3. The van der Waals surface area contributed by atoms with Crippen molar-refractivity contribution in [3.05, 3.63) is 0 Å². The van der Waals surface area contributed by atoms with Crippen molar-refractivity contribution in [3.63, 3.8) is 0 Å². The van der Waals surface area contributed by atoms with Gasteiger partial charge in [-0.3, -0.25) is 4.57 Å². The van der Waals surface area contributed by atoms with Crippen molar-refractivity contribution in [1.82, 2.24) is 0 Å². The standard InChI is InChI=1S/C4H9O3P/c1-7-8(2,6)4-3-5/h3H,4H2,1-2H3. The smallest absolute Gasteiger partial charge is 0.206 e. The van der Waals surface area contributed by atoms with Gasteiger partial charge in [-0.05, 0) is 0 Å². The molecule has 1 unspecified atom stereocenters. The summed E-state index contributed by atoms with van der Waals surface area (Å²) in [5.41, 5.74) is 0. The average molecular weight is 136 g/mol. The molecule has 0 aliphatic rings. The molecule has 0 saturated carbocycles. The molecule has 1 atom stereocenters. The second kappa shape index (κ2) is 3.00. The Hall–Kier alpha value is -0.140. The number of hydrogen-bond donors (Lipinski definition) is 0. The number of aldehydes is 1. The maximum atomic E-state index is 10.7. The highest BCUT2D eigenvalue weighted by Gasteiger charge is 2.10. The van der Waals surface area contributed by atoms with E-state index in [-0.39, 0.29) is 6.16 Å². The molecule has 8 heavy (non-hydrogen) atoms. The summed E-state index contributed by atoms with van der Waals surface area (Å²) in [5.74, 6) is 0. The fourth-order valence-corrected chi connectivity index (χ4v) is 0.630. The highest BCUT2D eigenvalue weighted by atomic mass is 31.2. The second-order valence-corrected chi connectivity index (χ2v) is 4.30. The maximum absolute atomic E-state index is 10.7. The SMILES string of the molecule is COP(C)(=O)CC=O. The molecule has 0 amide bonds. The number of carbonyl (C=O) groups excluding carboxylic acids is 1. The molecule has 3 nitrogen and oxygen atoms in total. The number of hydrogen-bond acceptors (Lipinski definition) is 3. The molecule has 4 heteroatoms. The van der Waals surface area contributed by atoms with Crippen LogP contribution in [0.1, 0.15) is 0 Å². The van der Waals surface area contributed by atoms with Gasteiger partial charge in [-0.1, -0.05) is 0 Å². The van der Waals surface area contributed by atoms with Crippen LogP contribution in [0.5, 0.6) is 0 Å². The van der Waals surface area contributed by atoms with Crippen LogP contribution in [-0.4, -0.2) is 26.2 Å². The Balaban J connectivity index is 3.72. The van der Waals surface area contributed by atoms with Crippen LogP contribution < -0.4 is 0 Å². The van der Waals surface area contributed by atoms with Gasteiger partial charge in [-0.2, -0.15) is 0 Å². The van der Waals surface area contributed by atoms with Crippen LogP contribution in [0.2, 0.25) is 0 Å². The van der Waals surface area contributed by atoms with Gasteiger partial charge in [0.05, 0.1) is 6.16 Å². The van der Waals surface area contributed by atoms with Crippen molar-refractivity contribution in [3.8, 4) is 0 Å². The van der Waals surface area contributed by atoms with Crippen molar-refractivity contribution in [2.75, 3.05) is 19.9 Å². The molecule has 0 heterocycles. The van der Waals surface area contributed by atoms with Crippen LogP contribution in [0.4, 0.5) is 0 Å². The summed E-state index contributed by atoms with van der Waals surface area (Å²) in [6.45, 7) is 1.43. The van der Waals surface area contributed by atoms with E-state index in [2.05, 4.69) is 4.52 Å². The van der Waals surface area contributed by atoms with Gasteiger partial charge in [0.2, 0.25) is 7.37 Å². The Morgan fingerprint density at radius 3 is 2.38 bits per heavy atom.